The Morgan fingerprint density at radius 2 is 1.88 bits per heavy atom. The summed E-state index contributed by atoms with van der Waals surface area (Å²) in [7, 11) is 0.546. The molecule has 0 atom stereocenters. The van der Waals surface area contributed by atoms with Gasteiger partial charge in [0.05, 0.1) is 0 Å². The van der Waals surface area contributed by atoms with Crippen LogP contribution >= 0.6 is 10.7 Å². The van der Waals surface area contributed by atoms with E-state index in [9.17, 15) is 21.6 Å². The van der Waals surface area contributed by atoms with Crippen LogP contribution in [0.25, 0.3) is 0 Å². The van der Waals surface area contributed by atoms with E-state index in [0.717, 1.165) is 12.1 Å². The molecule has 0 bridgehead atoms. The van der Waals surface area contributed by atoms with E-state index in [1.54, 1.807) is 0 Å². The molecule has 0 aliphatic carbocycles. The number of rotatable bonds is 2. The second-order valence-electron chi connectivity index (χ2n) is 2.62. The van der Waals surface area contributed by atoms with E-state index >= 15 is 0 Å². The Hall–Kier alpha value is -1.15. The van der Waals surface area contributed by atoms with Gasteiger partial charge in [-0.05, 0) is 12.1 Å². The molecule has 1 aromatic rings. The summed E-state index contributed by atoms with van der Waals surface area (Å²) in [5.74, 6) is -1.55. The Kier molecular flexibility index (Phi) is 3.25. The van der Waals surface area contributed by atoms with Gasteiger partial charge in [0.1, 0.15) is 16.4 Å². The summed E-state index contributed by atoms with van der Waals surface area (Å²) in [6.45, 7) is 0. The van der Waals surface area contributed by atoms with Crippen molar-refractivity contribution in [3.8, 4) is 11.5 Å². The molecule has 1 N–H and O–H groups in total. The fraction of sp³-hybridized carbons (Fsp3) is 0.143. The van der Waals surface area contributed by atoms with Crippen molar-refractivity contribution >= 4 is 19.7 Å². The van der Waals surface area contributed by atoms with Gasteiger partial charge in [0, 0.05) is 16.7 Å². The molecule has 90 valence electrons. The average Bonchev–Trinajstić information content (AvgIpc) is 2.04. The molecule has 0 unspecified atom stereocenters. The van der Waals surface area contributed by atoms with Gasteiger partial charge in [-0.25, -0.2) is 8.42 Å². The van der Waals surface area contributed by atoms with E-state index in [1.807, 2.05) is 0 Å². The number of hydrogen-bond donors (Lipinski definition) is 1. The van der Waals surface area contributed by atoms with Crippen LogP contribution in [-0.2, 0) is 9.05 Å². The molecule has 1 aromatic carbocycles. The molecular weight excluding hydrogens is 273 g/mol. The molecule has 0 radical (unpaired) electrons. The second kappa shape index (κ2) is 4.02. The quantitative estimate of drug-likeness (QED) is 0.841. The lowest BCUT2D eigenvalue weighted by atomic mass is 10.3. The average molecular weight is 277 g/mol. The highest BCUT2D eigenvalue weighted by Gasteiger charge is 2.31. The van der Waals surface area contributed by atoms with Crippen molar-refractivity contribution in [1.82, 2.24) is 0 Å². The smallest absolute Gasteiger partial charge is 0.507 e. The van der Waals surface area contributed by atoms with Crippen LogP contribution in [0.1, 0.15) is 0 Å². The molecule has 0 fully saturated rings. The van der Waals surface area contributed by atoms with Gasteiger partial charge in [-0.1, -0.05) is 0 Å². The normalized spacial score (nSPS) is 12.5. The topological polar surface area (TPSA) is 63.6 Å². The molecule has 16 heavy (non-hydrogen) atoms. The van der Waals surface area contributed by atoms with E-state index in [2.05, 4.69) is 4.74 Å². The lowest BCUT2D eigenvalue weighted by molar-refractivity contribution is -0.274. The van der Waals surface area contributed by atoms with Gasteiger partial charge in [0.15, 0.2) is 0 Å². The highest BCUT2D eigenvalue weighted by Crippen LogP contribution is 2.32. The monoisotopic (exact) mass is 276 g/mol. The van der Waals surface area contributed by atoms with Crippen LogP contribution in [0.3, 0.4) is 0 Å². The van der Waals surface area contributed by atoms with Crippen molar-refractivity contribution in [3.05, 3.63) is 18.2 Å². The summed E-state index contributed by atoms with van der Waals surface area (Å²) < 4.78 is 60.5. The summed E-state index contributed by atoms with van der Waals surface area (Å²) >= 11 is 0. The Bertz CT molecular complexity index is 497. The Balaban J connectivity index is 3.19. The minimum atomic E-state index is -4.95. The van der Waals surface area contributed by atoms with E-state index in [1.165, 1.54) is 0 Å². The van der Waals surface area contributed by atoms with Crippen LogP contribution in [0.4, 0.5) is 13.2 Å². The molecule has 1 rings (SSSR count). The molecular formula is C7H4ClF3O4S. The third kappa shape index (κ3) is 3.46. The highest BCUT2D eigenvalue weighted by molar-refractivity contribution is 8.13. The van der Waals surface area contributed by atoms with Gasteiger partial charge >= 0.3 is 6.36 Å². The van der Waals surface area contributed by atoms with Gasteiger partial charge in [0.25, 0.3) is 9.05 Å². The number of alkyl halides is 3. The fourth-order valence-corrected chi connectivity index (χ4v) is 1.83. The SMILES string of the molecule is O=S(=O)(Cl)c1cc(OC(F)(F)F)ccc1O. The van der Waals surface area contributed by atoms with E-state index in [0.29, 0.717) is 6.07 Å². The molecule has 0 aromatic heterocycles. The summed E-state index contributed by atoms with van der Waals surface area (Å²) in [4.78, 5) is -0.851. The minimum Gasteiger partial charge on any atom is -0.507 e. The molecule has 0 aliphatic rings. The highest BCUT2D eigenvalue weighted by atomic mass is 35.7. The first kappa shape index (κ1) is 12.9. The third-order valence-corrected chi connectivity index (χ3v) is 2.78. The predicted molar refractivity (Wildman–Crippen MR) is 47.8 cm³/mol. The van der Waals surface area contributed by atoms with Crippen molar-refractivity contribution in [1.29, 1.82) is 0 Å². The molecule has 0 amide bonds. The van der Waals surface area contributed by atoms with Crippen molar-refractivity contribution in [3.63, 3.8) is 0 Å². The molecule has 0 spiro atoms. The zero-order valence-electron chi connectivity index (χ0n) is 7.32. The Morgan fingerprint density at radius 3 is 2.31 bits per heavy atom. The van der Waals surface area contributed by atoms with Gasteiger partial charge in [-0.15, -0.1) is 13.2 Å². The summed E-state index contributed by atoms with van der Waals surface area (Å²) in [6, 6.07) is 1.97. The number of hydrogen-bond acceptors (Lipinski definition) is 4. The molecule has 9 heteroatoms. The number of aromatic hydroxyl groups is 1. The van der Waals surface area contributed by atoms with Crippen LogP contribution < -0.4 is 4.74 Å². The molecule has 0 saturated heterocycles. The largest absolute Gasteiger partial charge is 0.573 e. The minimum absolute atomic E-state index is 0.477. The maximum absolute atomic E-state index is 11.8. The van der Waals surface area contributed by atoms with Gasteiger partial charge < -0.3 is 9.84 Å². The maximum Gasteiger partial charge on any atom is 0.573 e. The summed E-state index contributed by atoms with van der Waals surface area (Å²) in [6.07, 6.45) is -4.95. The first-order chi connectivity index (χ1) is 7.09. The summed E-state index contributed by atoms with van der Waals surface area (Å²) in [5.41, 5.74) is 0. The fourth-order valence-electron chi connectivity index (χ4n) is 0.887. The van der Waals surface area contributed by atoms with Crippen molar-refractivity contribution < 1.29 is 31.4 Å². The van der Waals surface area contributed by atoms with Gasteiger partial charge in [-0.2, -0.15) is 0 Å². The number of phenolic OH excluding ortho intramolecular Hbond substituents is 1. The van der Waals surface area contributed by atoms with Gasteiger partial charge in [0.2, 0.25) is 0 Å². The van der Waals surface area contributed by atoms with E-state index < -0.39 is 31.8 Å². The van der Waals surface area contributed by atoms with E-state index in [-0.39, 0.29) is 0 Å². The van der Waals surface area contributed by atoms with Crippen LogP contribution in [-0.4, -0.2) is 19.9 Å². The number of halogens is 4. The maximum atomic E-state index is 11.8. The van der Waals surface area contributed by atoms with Crippen LogP contribution in [0, 0.1) is 0 Å². The predicted octanol–water partition coefficient (Wildman–Crippen LogP) is 2.22. The molecule has 0 saturated carbocycles. The number of phenols is 1. The van der Waals surface area contributed by atoms with Crippen LogP contribution in [0.2, 0.25) is 0 Å². The van der Waals surface area contributed by atoms with Crippen LogP contribution in [0.15, 0.2) is 23.1 Å². The zero-order valence-corrected chi connectivity index (χ0v) is 8.90. The molecule has 0 heterocycles. The third-order valence-electron chi connectivity index (χ3n) is 1.43. The van der Waals surface area contributed by atoms with E-state index in [4.69, 9.17) is 15.8 Å². The second-order valence-corrected chi connectivity index (χ2v) is 5.15. The molecule has 4 nitrogen and oxygen atoms in total. The first-order valence-corrected chi connectivity index (χ1v) is 5.94. The van der Waals surface area contributed by atoms with Crippen LogP contribution in [0.5, 0.6) is 11.5 Å². The summed E-state index contributed by atoms with van der Waals surface area (Å²) in [5, 5.41) is 9.07. The number of ether oxygens (including phenoxy) is 1. The van der Waals surface area contributed by atoms with Crippen molar-refractivity contribution in [2.24, 2.45) is 0 Å². The molecule has 0 aliphatic heterocycles. The number of benzene rings is 1. The van der Waals surface area contributed by atoms with Crippen molar-refractivity contribution in [2.45, 2.75) is 11.3 Å². The van der Waals surface area contributed by atoms with Gasteiger partial charge in [-0.3, -0.25) is 0 Å². The van der Waals surface area contributed by atoms with Crippen molar-refractivity contribution in [2.75, 3.05) is 0 Å². The lowest BCUT2D eigenvalue weighted by Gasteiger charge is -2.09. The standard InChI is InChI=1S/C7H4ClF3O4S/c8-16(13,14)6-3-4(1-2-5(6)12)15-7(9,10)11/h1-3,12H. The first-order valence-electron chi connectivity index (χ1n) is 3.63. The Morgan fingerprint density at radius 1 is 1.31 bits per heavy atom. The lowest BCUT2D eigenvalue weighted by Crippen LogP contribution is -2.17. The zero-order chi connectivity index (χ0) is 12.6. The Labute approximate surface area is 92.6 Å².